The molecule has 0 radical (unpaired) electrons. The summed E-state index contributed by atoms with van der Waals surface area (Å²) in [6.07, 6.45) is 5.15. The van der Waals surface area contributed by atoms with Crippen LogP contribution in [0, 0.1) is 0 Å². The number of aromatic nitrogens is 2. The van der Waals surface area contributed by atoms with Crippen molar-refractivity contribution in [2.75, 3.05) is 41.8 Å². The van der Waals surface area contributed by atoms with Crippen LogP contribution in [0.25, 0.3) is 0 Å². The van der Waals surface area contributed by atoms with E-state index in [4.69, 9.17) is 4.74 Å². The lowest BCUT2D eigenvalue weighted by molar-refractivity contribution is 0.102. The van der Waals surface area contributed by atoms with Gasteiger partial charge >= 0.3 is 0 Å². The zero-order valence-corrected chi connectivity index (χ0v) is 16.0. The fourth-order valence-corrected chi connectivity index (χ4v) is 3.19. The Balaban J connectivity index is 1.41. The zero-order valence-electron chi connectivity index (χ0n) is 16.0. The molecule has 4 rings (SSSR count). The molecule has 3 heterocycles. The Morgan fingerprint density at radius 1 is 1.00 bits per heavy atom. The Kier molecular flexibility index (Phi) is 5.97. The second kappa shape index (κ2) is 9.16. The molecule has 1 aliphatic heterocycles. The number of benzene rings is 1. The molecule has 7 heteroatoms. The number of morpholine rings is 1. The van der Waals surface area contributed by atoms with Crippen molar-refractivity contribution in [2.45, 2.75) is 6.54 Å². The first-order chi connectivity index (χ1) is 14.3. The maximum atomic E-state index is 12.8. The van der Waals surface area contributed by atoms with Crippen LogP contribution in [0.4, 0.5) is 17.2 Å². The summed E-state index contributed by atoms with van der Waals surface area (Å²) in [5.41, 5.74) is 3.44. The van der Waals surface area contributed by atoms with Crippen molar-refractivity contribution in [3.05, 3.63) is 78.2 Å². The van der Waals surface area contributed by atoms with Gasteiger partial charge in [0.2, 0.25) is 0 Å². The van der Waals surface area contributed by atoms with Crippen molar-refractivity contribution < 1.29 is 9.53 Å². The van der Waals surface area contributed by atoms with Gasteiger partial charge in [0.1, 0.15) is 5.82 Å². The van der Waals surface area contributed by atoms with Gasteiger partial charge in [-0.2, -0.15) is 0 Å². The molecule has 29 heavy (non-hydrogen) atoms. The molecule has 0 aliphatic carbocycles. The first-order valence-corrected chi connectivity index (χ1v) is 9.61. The van der Waals surface area contributed by atoms with Crippen LogP contribution in [0.1, 0.15) is 15.9 Å². The number of anilines is 3. The molecular formula is C22H23N5O2. The van der Waals surface area contributed by atoms with E-state index in [1.807, 2.05) is 36.4 Å². The molecule has 2 N–H and O–H groups in total. The molecule has 0 unspecified atom stereocenters. The van der Waals surface area contributed by atoms with Crippen LogP contribution in [0.3, 0.4) is 0 Å². The van der Waals surface area contributed by atoms with Crippen LogP contribution in [-0.2, 0) is 11.3 Å². The highest BCUT2D eigenvalue weighted by molar-refractivity contribution is 6.07. The zero-order chi connectivity index (χ0) is 19.9. The number of carbonyl (C=O) groups is 1. The Morgan fingerprint density at radius 2 is 1.76 bits per heavy atom. The van der Waals surface area contributed by atoms with E-state index >= 15 is 0 Å². The van der Waals surface area contributed by atoms with Crippen LogP contribution in [0.2, 0.25) is 0 Å². The van der Waals surface area contributed by atoms with E-state index in [0.29, 0.717) is 17.9 Å². The van der Waals surface area contributed by atoms with E-state index < -0.39 is 0 Å². The van der Waals surface area contributed by atoms with Crippen LogP contribution in [0.5, 0.6) is 0 Å². The molecule has 1 amide bonds. The molecule has 0 atom stereocenters. The molecule has 7 nitrogen and oxygen atoms in total. The summed E-state index contributed by atoms with van der Waals surface area (Å²) in [6, 6.07) is 15.2. The molecule has 0 bridgehead atoms. The molecule has 1 fully saturated rings. The minimum atomic E-state index is -0.200. The second-order valence-corrected chi connectivity index (χ2v) is 6.71. The number of hydrogen-bond acceptors (Lipinski definition) is 6. The van der Waals surface area contributed by atoms with E-state index in [1.54, 1.807) is 30.7 Å². The van der Waals surface area contributed by atoms with Gasteiger partial charge in [0.15, 0.2) is 0 Å². The first kappa shape index (κ1) is 18.9. The van der Waals surface area contributed by atoms with E-state index in [-0.39, 0.29) is 5.91 Å². The lowest BCUT2D eigenvalue weighted by Gasteiger charge is -2.28. The van der Waals surface area contributed by atoms with Crippen LogP contribution >= 0.6 is 0 Å². The lowest BCUT2D eigenvalue weighted by Crippen LogP contribution is -2.36. The molecule has 1 saturated heterocycles. The number of carbonyl (C=O) groups excluding carboxylic acids is 1. The van der Waals surface area contributed by atoms with Gasteiger partial charge in [-0.3, -0.25) is 9.78 Å². The third kappa shape index (κ3) is 4.89. The van der Waals surface area contributed by atoms with Crippen molar-refractivity contribution in [1.82, 2.24) is 9.97 Å². The second-order valence-electron chi connectivity index (χ2n) is 6.71. The van der Waals surface area contributed by atoms with E-state index in [1.165, 1.54) is 0 Å². The molecular weight excluding hydrogens is 366 g/mol. The van der Waals surface area contributed by atoms with Gasteiger partial charge in [-0.15, -0.1) is 0 Å². The van der Waals surface area contributed by atoms with Crippen LogP contribution < -0.4 is 15.5 Å². The molecule has 3 aromatic rings. The summed E-state index contributed by atoms with van der Waals surface area (Å²) < 4.78 is 5.39. The molecule has 1 aliphatic rings. The summed E-state index contributed by atoms with van der Waals surface area (Å²) >= 11 is 0. The smallest absolute Gasteiger partial charge is 0.259 e. The van der Waals surface area contributed by atoms with E-state index in [9.17, 15) is 4.79 Å². The minimum Gasteiger partial charge on any atom is -0.378 e. The van der Waals surface area contributed by atoms with Crippen LogP contribution in [-0.4, -0.2) is 42.2 Å². The number of pyridine rings is 2. The largest absolute Gasteiger partial charge is 0.378 e. The Labute approximate surface area is 169 Å². The molecule has 0 spiro atoms. The highest BCUT2D eigenvalue weighted by atomic mass is 16.5. The van der Waals surface area contributed by atoms with Gasteiger partial charge in [-0.05, 0) is 54.1 Å². The van der Waals surface area contributed by atoms with Crippen molar-refractivity contribution in [3.63, 3.8) is 0 Å². The summed E-state index contributed by atoms with van der Waals surface area (Å²) in [7, 11) is 0. The number of nitrogens with zero attached hydrogens (tertiary/aromatic N) is 3. The highest BCUT2D eigenvalue weighted by Gasteiger charge is 2.14. The number of nitrogens with one attached hydrogen (secondary N) is 2. The average molecular weight is 389 g/mol. The first-order valence-electron chi connectivity index (χ1n) is 9.61. The maximum absolute atomic E-state index is 12.8. The predicted molar refractivity (Wildman–Crippen MR) is 113 cm³/mol. The van der Waals surface area contributed by atoms with Gasteiger partial charge in [0.25, 0.3) is 5.91 Å². The lowest BCUT2D eigenvalue weighted by atomic mass is 10.2. The number of rotatable bonds is 6. The Morgan fingerprint density at radius 3 is 2.52 bits per heavy atom. The van der Waals surface area contributed by atoms with Crippen molar-refractivity contribution >= 4 is 23.1 Å². The summed E-state index contributed by atoms with van der Waals surface area (Å²) in [5.74, 6) is 0.348. The fraction of sp³-hybridized carbons (Fsp3) is 0.227. The fourth-order valence-electron chi connectivity index (χ4n) is 3.19. The number of amides is 1. The SMILES string of the molecule is O=C(Nc1ccc(N2CCOCC2)cc1)c1cccnc1NCc1ccncc1. The molecule has 1 aromatic carbocycles. The summed E-state index contributed by atoms with van der Waals surface area (Å²) in [5, 5.41) is 6.18. The van der Waals surface area contributed by atoms with Crippen molar-refractivity contribution in [2.24, 2.45) is 0 Å². The number of ether oxygens (including phenoxy) is 1. The molecule has 2 aromatic heterocycles. The summed E-state index contributed by atoms with van der Waals surface area (Å²) in [4.78, 5) is 23.4. The van der Waals surface area contributed by atoms with E-state index in [0.717, 1.165) is 43.2 Å². The standard InChI is InChI=1S/C22H23N5O2/c28-22(26-18-3-5-19(6-4-18)27-12-14-29-15-13-27)20-2-1-9-24-21(20)25-16-17-7-10-23-11-8-17/h1-11H,12-16H2,(H,24,25)(H,26,28). The number of hydrogen-bond donors (Lipinski definition) is 2. The molecule has 148 valence electrons. The third-order valence-corrected chi connectivity index (χ3v) is 4.76. The quantitative estimate of drug-likeness (QED) is 0.674. The average Bonchev–Trinajstić information content (AvgIpc) is 2.80. The van der Waals surface area contributed by atoms with Gasteiger partial charge in [0, 0.05) is 49.6 Å². The maximum Gasteiger partial charge on any atom is 0.259 e. The van der Waals surface area contributed by atoms with Crippen LogP contribution in [0.15, 0.2) is 67.1 Å². The highest BCUT2D eigenvalue weighted by Crippen LogP contribution is 2.20. The van der Waals surface area contributed by atoms with Gasteiger partial charge in [0.05, 0.1) is 18.8 Å². The minimum absolute atomic E-state index is 0.200. The topological polar surface area (TPSA) is 79.4 Å². The predicted octanol–water partition coefficient (Wildman–Crippen LogP) is 3.18. The normalized spacial score (nSPS) is 13.7. The monoisotopic (exact) mass is 389 g/mol. The third-order valence-electron chi connectivity index (χ3n) is 4.76. The molecule has 0 saturated carbocycles. The van der Waals surface area contributed by atoms with Gasteiger partial charge < -0.3 is 20.3 Å². The Hall–Kier alpha value is -3.45. The Bertz CT molecular complexity index is 941. The van der Waals surface area contributed by atoms with Crippen molar-refractivity contribution in [1.29, 1.82) is 0 Å². The summed E-state index contributed by atoms with van der Waals surface area (Å²) in [6.45, 7) is 3.82. The van der Waals surface area contributed by atoms with E-state index in [2.05, 4.69) is 25.5 Å². The van der Waals surface area contributed by atoms with Crippen molar-refractivity contribution in [3.8, 4) is 0 Å². The van der Waals surface area contributed by atoms with Gasteiger partial charge in [-0.1, -0.05) is 0 Å². The van der Waals surface area contributed by atoms with Gasteiger partial charge in [-0.25, -0.2) is 4.98 Å².